The topological polar surface area (TPSA) is 89.5 Å². The molecule has 21 heavy (non-hydrogen) atoms. The lowest BCUT2D eigenvalue weighted by Crippen LogP contribution is -2.41. The van der Waals surface area contributed by atoms with Crippen LogP contribution in [0.4, 0.5) is 0 Å². The SMILES string of the molecule is O=C(O)c1[nH]cnc1C(=O)N1CCC(N2CCCCC2)C1. The van der Waals surface area contributed by atoms with Gasteiger partial charge in [-0.15, -0.1) is 0 Å². The molecular formula is C14H20N4O3. The number of carbonyl (C=O) groups excluding carboxylic acids is 1. The van der Waals surface area contributed by atoms with Crippen LogP contribution in [0.1, 0.15) is 46.7 Å². The molecule has 1 aromatic heterocycles. The zero-order valence-corrected chi connectivity index (χ0v) is 11.9. The fraction of sp³-hybridized carbons (Fsp3) is 0.643. The van der Waals surface area contributed by atoms with E-state index >= 15 is 0 Å². The van der Waals surface area contributed by atoms with Crippen molar-refractivity contribution < 1.29 is 14.7 Å². The van der Waals surface area contributed by atoms with Crippen molar-refractivity contribution in [1.82, 2.24) is 19.8 Å². The van der Waals surface area contributed by atoms with E-state index in [0.29, 0.717) is 19.1 Å². The molecule has 7 nitrogen and oxygen atoms in total. The lowest BCUT2D eigenvalue weighted by molar-refractivity contribution is 0.0672. The molecular weight excluding hydrogens is 272 g/mol. The third-order valence-electron chi connectivity index (χ3n) is 4.41. The molecule has 2 fully saturated rings. The number of amides is 1. The van der Waals surface area contributed by atoms with E-state index in [2.05, 4.69) is 14.9 Å². The first-order valence-corrected chi connectivity index (χ1v) is 7.47. The molecule has 1 atom stereocenters. The fourth-order valence-electron chi connectivity index (χ4n) is 3.28. The summed E-state index contributed by atoms with van der Waals surface area (Å²) in [5, 5.41) is 9.05. The van der Waals surface area contributed by atoms with Crippen molar-refractivity contribution in [2.75, 3.05) is 26.2 Å². The van der Waals surface area contributed by atoms with E-state index < -0.39 is 5.97 Å². The summed E-state index contributed by atoms with van der Waals surface area (Å²) in [6.07, 6.45) is 5.97. The Morgan fingerprint density at radius 2 is 2.00 bits per heavy atom. The summed E-state index contributed by atoms with van der Waals surface area (Å²) >= 11 is 0. The lowest BCUT2D eigenvalue weighted by atomic mass is 10.1. The molecule has 1 amide bonds. The highest BCUT2D eigenvalue weighted by Crippen LogP contribution is 2.21. The first kappa shape index (κ1) is 14.1. The molecule has 0 radical (unpaired) electrons. The molecule has 0 aromatic carbocycles. The monoisotopic (exact) mass is 292 g/mol. The standard InChI is InChI=1S/C14H20N4O3/c19-13(11-12(14(20)21)16-9-15-11)18-7-4-10(8-18)17-5-2-1-3-6-17/h9-10H,1-8H2,(H,15,16)(H,20,21). The van der Waals surface area contributed by atoms with E-state index in [1.807, 2.05) is 0 Å². The number of likely N-dealkylation sites (tertiary alicyclic amines) is 2. The van der Waals surface area contributed by atoms with Crippen LogP contribution in [0.3, 0.4) is 0 Å². The molecule has 7 heteroatoms. The Kier molecular flexibility index (Phi) is 3.92. The molecule has 1 unspecified atom stereocenters. The highest BCUT2D eigenvalue weighted by Gasteiger charge is 2.33. The van der Waals surface area contributed by atoms with E-state index in [0.717, 1.165) is 19.5 Å². The Labute approximate surface area is 122 Å². The maximum absolute atomic E-state index is 12.4. The lowest BCUT2D eigenvalue weighted by Gasteiger charge is -2.32. The van der Waals surface area contributed by atoms with Crippen LogP contribution in [0.5, 0.6) is 0 Å². The summed E-state index contributed by atoms with van der Waals surface area (Å²) in [4.78, 5) is 34.1. The van der Waals surface area contributed by atoms with Crippen LogP contribution < -0.4 is 0 Å². The van der Waals surface area contributed by atoms with Crippen LogP contribution in [0.25, 0.3) is 0 Å². The predicted octanol–water partition coefficient (Wildman–Crippen LogP) is 0.808. The molecule has 2 N–H and O–H groups in total. The third-order valence-corrected chi connectivity index (χ3v) is 4.41. The largest absolute Gasteiger partial charge is 0.477 e. The average molecular weight is 292 g/mol. The summed E-state index contributed by atoms with van der Waals surface area (Å²) in [5.41, 5.74) is -0.108. The number of aromatic amines is 1. The van der Waals surface area contributed by atoms with Crippen molar-refractivity contribution in [3.63, 3.8) is 0 Å². The molecule has 2 aliphatic rings. The van der Waals surface area contributed by atoms with Crippen LogP contribution >= 0.6 is 0 Å². The molecule has 3 heterocycles. The van der Waals surface area contributed by atoms with Gasteiger partial charge < -0.3 is 15.0 Å². The molecule has 2 aliphatic heterocycles. The molecule has 1 aromatic rings. The van der Waals surface area contributed by atoms with Gasteiger partial charge in [-0.3, -0.25) is 9.69 Å². The van der Waals surface area contributed by atoms with E-state index in [1.54, 1.807) is 4.90 Å². The van der Waals surface area contributed by atoms with E-state index in [4.69, 9.17) is 5.11 Å². The van der Waals surface area contributed by atoms with Gasteiger partial charge in [0, 0.05) is 19.1 Å². The number of carboxylic acids is 1. The molecule has 0 bridgehead atoms. The molecule has 2 saturated heterocycles. The highest BCUT2D eigenvalue weighted by molar-refractivity contribution is 6.02. The van der Waals surface area contributed by atoms with Crippen molar-refractivity contribution in [3.8, 4) is 0 Å². The van der Waals surface area contributed by atoms with Gasteiger partial charge in [0.25, 0.3) is 5.91 Å². The first-order valence-electron chi connectivity index (χ1n) is 7.47. The predicted molar refractivity (Wildman–Crippen MR) is 75.3 cm³/mol. The quantitative estimate of drug-likeness (QED) is 0.860. The number of H-pyrrole nitrogens is 1. The van der Waals surface area contributed by atoms with Crippen molar-refractivity contribution in [2.45, 2.75) is 31.7 Å². The Morgan fingerprint density at radius 1 is 1.24 bits per heavy atom. The molecule has 3 rings (SSSR count). The molecule has 114 valence electrons. The number of piperidine rings is 1. The minimum absolute atomic E-state index is 0.0156. The minimum Gasteiger partial charge on any atom is -0.477 e. The number of carbonyl (C=O) groups is 2. The number of aromatic nitrogens is 2. The maximum Gasteiger partial charge on any atom is 0.354 e. The summed E-state index contributed by atoms with van der Waals surface area (Å²) in [6, 6.07) is 0.404. The van der Waals surface area contributed by atoms with Crippen LogP contribution in [-0.2, 0) is 0 Å². The highest BCUT2D eigenvalue weighted by atomic mass is 16.4. The molecule has 0 saturated carbocycles. The van der Waals surface area contributed by atoms with Crippen molar-refractivity contribution >= 4 is 11.9 Å². The summed E-state index contributed by atoms with van der Waals surface area (Å²) in [5.74, 6) is -1.43. The van der Waals surface area contributed by atoms with Gasteiger partial charge in [-0.05, 0) is 32.4 Å². The van der Waals surface area contributed by atoms with Gasteiger partial charge in [0.2, 0.25) is 0 Å². The number of aromatic carboxylic acids is 1. The van der Waals surface area contributed by atoms with E-state index in [9.17, 15) is 9.59 Å². The normalized spacial score (nSPS) is 23.4. The Balaban J connectivity index is 1.66. The van der Waals surface area contributed by atoms with Gasteiger partial charge >= 0.3 is 5.97 Å². The van der Waals surface area contributed by atoms with Gasteiger partial charge in [-0.1, -0.05) is 6.42 Å². The second-order valence-electron chi connectivity index (χ2n) is 5.72. The number of rotatable bonds is 3. The molecule has 0 spiro atoms. The summed E-state index contributed by atoms with van der Waals surface area (Å²) < 4.78 is 0. The van der Waals surface area contributed by atoms with E-state index in [1.165, 1.54) is 25.6 Å². The third kappa shape index (κ3) is 2.78. The number of imidazole rings is 1. The minimum atomic E-state index is -1.15. The zero-order chi connectivity index (χ0) is 14.8. The van der Waals surface area contributed by atoms with Gasteiger partial charge in [-0.2, -0.15) is 0 Å². The van der Waals surface area contributed by atoms with Crippen LogP contribution in [-0.4, -0.2) is 69.0 Å². The smallest absolute Gasteiger partial charge is 0.354 e. The fourth-order valence-corrected chi connectivity index (χ4v) is 3.28. The van der Waals surface area contributed by atoms with Crippen LogP contribution in [0.15, 0.2) is 6.33 Å². The first-order chi connectivity index (χ1) is 10.2. The van der Waals surface area contributed by atoms with Crippen molar-refractivity contribution in [1.29, 1.82) is 0 Å². The average Bonchev–Trinajstić information content (AvgIpc) is 3.17. The zero-order valence-electron chi connectivity index (χ0n) is 11.9. The second kappa shape index (κ2) is 5.85. The number of nitrogens with zero attached hydrogens (tertiary/aromatic N) is 3. The van der Waals surface area contributed by atoms with Crippen LogP contribution in [0, 0.1) is 0 Å². The van der Waals surface area contributed by atoms with Gasteiger partial charge in [0.05, 0.1) is 6.33 Å². The van der Waals surface area contributed by atoms with Crippen molar-refractivity contribution in [2.24, 2.45) is 0 Å². The summed E-state index contributed by atoms with van der Waals surface area (Å²) in [7, 11) is 0. The second-order valence-corrected chi connectivity index (χ2v) is 5.72. The van der Waals surface area contributed by atoms with Gasteiger partial charge in [-0.25, -0.2) is 9.78 Å². The summed E-state index contributed by atoms with van der Waals surface area (Å²) in [6.45, 7) is 3.56. The van der Waals surface area contributed by atoms with E-state index in [-0.39, 0.29) is 17.3 Å². The Morgan fingerprint density at radius 3 is 2.71 bits per heavy atom. The van der Waals surface area contributed by atoms with Gasteiger partial charge in [0.1, 0.15) is 0 Å². The number of carboxylic acid groups (broad SMARTS) is 1. The maximum atomic E-state index is 12.4. The van der Waals surface area contributed by atoms with Crippen LogP contribution in [0.2, 0.25) is 0 Å². The number of hydrogen-bond acceptors (Lipinski definition) is 4. The Bertz CT molecular complexity index is 536. The Hall–Kier alpha value is -1.89. The molecule has 0 aliphatic carbocycles. The number of hydrogen-bond donors (Lipinski definition) is 2. The van der Waals surface area contributed by atoms with Crippen molar-refractivity contribution in [3.05, 3.63) is 17.7 Å². The van der Waals surface area contributed by atoms with Gasteiger partial charge in [0.15, 0.2) is 11.4 Å². The number of nitrogens with one attached hydrogen (secondary N) is 1.